The number of hydrogen-bond donors (Lipinski definition) is 0. The highest BCUT2D eigenvalue weighted by atomic mass is 32.1. The molecule has 0 amide bonds. The standard InChI is InChI=1S/C19H25N3S/c1-2-4-16(5-3-1)8-9-22-11-17-6-7-19(22)13-21(10-17)12-18-14-23-15-20-18/h1-5,14-15,17,19H,6-13H2/t17-,19+/m0/s1. The van der Waals surface area contributed by atoms with E-state index in [-0.39, 0.29) is 0 Å². The normalized spacial score (nSPS) is 25.6. The fraction of sp³-hybridized carbons (Fsp3) is 0.526. The Bertz CT molecular complexity index is 598. The molecule has 3 saturated heterocycles. The predicted molar refractivity (Wildman–Crippen MR) is 95.6 cm³/mol. The van der Waals surface area contributed by atoms with Crippen LogP contribution in [-0.2, 0) is 13.0 Å². The zero-order valence-corrected chi connectivity index (χ0v) is 14.4. The summed E-state index contributed by atoms with van der Waals surface area (Å²) >= 11 is 1.71. The van der Waals surface area contributed by atoms with Gasteiger partial charge >= 0.3 is 0 Å². The maximum atomic E-state index is 4.47. The Morgan fingerprint density at radius 1 is 1.09 bits per heavy atom. The fourth-order valence-electron chi connectivity index (χ4n) is 4.14. The van der Waals surface area contributed by atoms with Crippen LogP contribution in [0.4, 0.5) is 0 Å². The number of aromatic nitrogens is 1. The number of nitrogens with zero attached hydrogens (tertiary/aromatic N) is 3. The van der Waals surface area contributed by atoms with E-state index in [4.69, 9.17) is 0 Å². The van der Waals surface area contributed by atoms with E-state index in [1.807, 2.05) is 5.51 Å². The summed E-state index contributed by atoms with van der Waals surface area (Å²) in [6.45, 7) is 5.97. The van der Waals surface area contributed by atoms with Crippen molar-refractivity contribution in [2.75, 3.05) is 26.2 Å². The van der Waals surface area contributed by atoms with Crippen molar-refractivity contribution in [3.8, 4) is 0 Å². The molecule has 23 heavy (non-hydrogen) atoms. The lowest BCUT2D eigenvalue weighted by Gasteiger charge is -2.36. The zero-order valence-electron chi connectivity index (χ0n) is 13.6. The van der Waals surface area contributed by atoms with Gasteiger partial charge in [0.25, 0.3) is 0 Å². The van der Waals surface area contributed by atoms with Gasteiger partial charge in [-0.3, -0.25) is 9.80 Å². The van der Waals surface area contributed by atoms with Crippen LogP contribution < -0.4 is 0 Å². The van der Waals surface area contributed by atoms with E-state index in [0.29, 0.717) is 0 Å². The monoisotopic (exact) mass is 327 g/mol. The van der Waals surface area contributed by atoms with Gasteiger partial charge in [-0.15, -0.1) is 11.3 Å². The van der Waals surface area contributed by atoms with Crippen molar-refractivity contribution in [3.63, 3.8) is 0 Å². The Morgan fingerprint density at radius 3 is 2.83 bits per heavy atom. The molecule has 2 bridgehead atoms. The third kappa shape index (κ3) is 3.82. The van der Waals surface area contributed by atoms with E-state index in [1.54, 1.807) is 11.3 Å². The van der Waals surface area contributed by atoms with Gasteiger partial charge in [0.15, 0.2) is 0 Å². The van der Waals surface area contributed by atoms with Crippen LogP contribution >= 0.6 is 11.3 Å². The van der Waals surface area contributed by atoms with E-state index in [2.05, 4.69) is 50.5 Å². The lowest BCUT2D eigenvalue weighted by molar-refractivity contribution is 0.132. The minimum atomic E-state index is 0.732. The quantitative estimate of drug-likeness (QED) is 0.840. The first kappa shape index (κ1) is 15.3. The second-order valence-corrected chi connectivity index (χ2v) is 7.72. The van der Waals surface area contributed by atoms with Gasteiger partial charge < -0.3 is 0 Å². The molecule has 5 rings (SSSR count). The highest BCUT2D eigenvalue weighted by Gasteiger charge is 2.34. The third-order valence-corrected chi connectivity index (χ3v) is 5.94. The molecule has 1 aromatic carbocycles. The van der Waals surface area contributed by atoms with E-state index in [0.717, 1.165) is 18.5 Å². The summed E-state index contributed by atoms with van der Waals surface area (Å²) in [5.74, 6) is 0.836. The van der Waals surface area contributed by atoms with Crippen molar-refractivity contribution in [1.82, 2.24) is 14.8 Å². The number of fused-ring (bicyclic) bond motifs is 4. The molecule has 0 N–H and O–H groups in total. The molecule has 3 aliphatic heterocycles. The summed E-state index contributed by atoms with van der Waals surface area (Å²) in [5.41, 5.74) is 4.66. The van der Waals surface area contributed by atoms with E-state index >= 15 is 0 Å². The van der Waals surface area contributed by atoms with Gasteiger partial charge in [-0.25, -0.2) is 4.98 Å². The second kappa shape index (κ2) is 7.12. The first-order valence-corrected chi connectivity index (χ1v) is 9.68. The average molecular weight is 327 g/mol. The maximum Gasteiger partial charge on any atom is 0.0795 e. The van der Waals surface area contributed by atoms with Crippen molar-refractivity contribution < 1.29 is 0 Å². The molecule has 2 aromatic rings. The van der Waals surface area contributed by atoms with Crippen molar-refractivity contribution in [1.29, 1.82) is 0 Å². The lowest BCUT2D eigenvalue weighted by atomic mass is 9.94. The SMILES string of the molecule is c1ccc(CCN2C[C@H]3CC[C@@H]2CN(Cc2cscn2)C3)cc1. The largest absolute Gasteiger partial charge is 0.298 e. The van der Waals surface area contributed by atoms with E-state index in [9.17, 15) is 0 Å². The topological polar surface area (TPSA) is 19.4 Å². The molecule has 3 nitrogen and oxygen atoms in total. The molecule has 3 aliphatic rings. The first-order chi connectivity index (χ1) is 11.4. The van der Waals surface area contributed by atoms with Crippen LogP contribution in [0.15, 0.2) is 41.2 Å². The Balaban J connectivity index is 1.37. The molecule has 3 fully saturated rings. The highest BCUT2D eigenvalue weighted by Crippen LogP contribution is 2.28. The second-order valence-electron chi connectivity index (χ2n) is 7.00. The Kier molecular flexibility index (Phi) is 4.74. The number of piperidine rings is 1. The highest BCUT2D eigenvalue weighted by molar-refractivity contribution is 7.07. The Labute approximate surface area is 143 Å². The maximum absolute atomic E-state index is 4.47. The van der Waals surface area contributed by atoms with Gasteiger partial charge in [0, 0.05) is 44.1 Å². The van der Waals surface area contributed by atoms with Gasteiger partial charge in [-0.2, -0.15) is 0 Å². The van der Waals surface area contributed by atoms with Crippen LogP contribution in [0.5, 0.6) is 0 Å². The molecule has 4 heteroatoms. The number of hydrogen-bond acceptors (Lipinski definition) is 4. The smallest absolute Gasteiger partial charge is 0.0795 e. The minimum absolute atomic E-state index is 0.732. The average Bonchev–Trinajstić information content (AvgIpc) is 2.94. The predicted octanol–water partition coefficient (Wildman–Crippen LogP) is 3.28. The van der Waals surface area contributed by atoms with Gasteiger partial charge in [0.1, 0.15) is 0 Å². The van der Waals surface area contributed by atoms with Gasteiger partial charge in [0.2, 0.25) is 0 Å². The molecule has 122 valence electrons. The number of rotatable bonds is 5. The van der Waals surface area contributed by atoms with Crippen LogP contribution in [0.25, 0.3) is 0 Å². The van der Waals surface area contributed by atoms with Crippen molar-refractivity contribution >= 4 is 11.3 Å². The first-order valence-electron chi connectivity index (χ1n) is 8.74. The molecule has 0 radical (unpaired) electrons. The fourth-order valence-corrected chi connectivity index (χ4v) is 4.69. The molecule has 1 aromatic heterocycles. The molecule has 2 atom stereocenters. The summed E-state index contributed by atoms with van der Waals surface area (Å²) in [7, 11) is 0. The molecule has 0 spiro atoms. The molecular weight excluding hydrogens is 302 g/mol. The summed E-state index contributed by atoms with van der Waals surface area (Å²) in [6.07, 6.45) is 3.95. The van der Waals surface area contributed by atoms with Gasteiger partial charge in [-0.05, 0) is 30.7 Å². The zero-order chi connectivity index (χ0) is 15.5. The number of thiazole rings is 1. The summed E-state index contributed by atoms with van der Waals surface area (Å²) in [4.78, 5) is 9.86. The number of benzene rings is 1. The van der Waals surface area contributed by atoms with Crippen LogP contribution in [0.1, 0.15) is 24.1 Å². The van der Waals surface area contributed by atoms with E-state index in [1.165, 1.54) is 56.7 Å². The van der Waals surface area contributed by atoms with E-state index < -0.39 is 0 Å². The Morgan fingerprint density at radius 2 is 2.00 bits per heavy atom. The summed E-state index contributed by atoms with van der Waals surface area (Å²) in [5, 5.41) is 2.19. The molecule has 4 heterocycles. The van der Waals surface area contributed by atoms with Crippen LogP contribution in [-0.4, -0.2) is 47.0 Å². The molecule has 0 aliphatic carbocycles. The lowest BCUT2D eigenvalue weighted by Crippen LogP contribution is -2.44. The van der Waals surface area contributed by atoms with Crippen LogP contribution in [0.2, 0.25) is 0 Å². The molecule has 0 unspecified atom stereocenters. The van der Waals surface area contributed by atoms with Crippen molar-refractivity contribution in [2.24, 2.45) is 5.92 Å². The van der Waals surface area contributed by atoms with Crippen LogP contribution in [0.3, 0.4) is 0 Å². The van der Waals surface area contributed by atoms with Crippen molar-refractivity contribution in [3.05, 3.63) is 52.5 Å². The van der Waals surface area contributed by atoms with Gasteiger partial charge in [-0.1, -0.05) is 30.3 Å². The Hall–Kier alpha value is -1.23. The molecular formula is C19H25N3S. The summed E-state index contributed by atoms with van der Waals surface area (Å²) in [6, 6.07) is 11.7. The summed E-state index contributed by atoms with van der Waals surface area (Å²) < 4.78 is 0. The third-order valence-electron chi connectivity index (χ3n) is 5.30. The van der Waals surface area contributed by atoms with Gasteiger partial charge in [0.05, 0.1) is 11.2 Å². The van der Waals surface area contributed by atoms with Crippen molar-refractivity contribution in [2.45, 2.75) is 31.8 Å². The van der Waals surface area contributed by atoms with Crippen LogP contribution in [0, 0.1) is 5.92 Å². The minimum Gasteiger partial charge on any atom is -0.298 e. The molecule has 0 saturated carbocycles.